The Hall–Kier alpha value is -3.43. The van der Waals surface area contributed by atoms with E-state index in [1.807, 2.05) is 0 Å². The first-order valence-corrected chi connectivity index (χ1v) is 8.14. The van der Waals surface area contributed by atoms with Gasteiger partial charge in [-0.3, -0.25) is 4.79 Å². The highest BCUT2D eigenvalue weighted by atomic mass is 19.4. The molecular formula is C18H15F3N4O3. The average Bonchev–Trinajstić information content (AvgIpc) is 3.16. The van der Waals surface area contributed by atoms with Crippen LogP contribution in [0.25, 0.3) is 11.5 Å². The largest absolute Gasteiger partial charge is 0.497 e. The Morgan fingerprint density at radius 3 is 2.61 bits per heavy atom. The van der Waals surface area contributed by atoms with Gasteiger partial charge in [0.05, 0.1) is 12.8 Å². The lowest BCUT2D eigenvalue weighted by Crippen LogP contribution is -2.27. The van der Waals surface area contributed by atoms with Gasteiger partial charge in [0.15, 0.2) is 0 Å². The number of benzene rings is 1. The van der Waals surface area contributed by atoms with Crippen LogP contribution >= 0.6 is 0 Å². The summed E-state index contributed by atoms with van der Waals surface area (Å²) in [7, 11) is 1.57. The third-order valence-corrected chi connectivity index (χ3v) is 3.70. The first-order chi connectivity index (χ1) is 13.4. The van der Waals surface area contributed by atoms with E-state index in [1.54, 1.807) is 31.4 Å². The zero-order valence-electron chi connectivity index (χ0n) is 14.7. The van der Waals surface area contributed by atoms with E-state index >= 15 is 0 Å². The van der Waals surface area contributed by atoms with Gasteiger partial charge < -0.3 is 14.5 Å². The van der Waals surface area contributed by atoms with Crippen LogP contribution in [0.4, 0.5) is 13.2 Å². The van der Waals surface area contributed by atoms with E-state index in [4.69, 9.17) is 9.15 Å². The summed E-state index contributed by atoms with van der Waals surface area (Å²) in [6.07, 6.45) is -2.03. The summed E-state index contributed by atoms with van der Waals surface area (Å²) in [5.74, 6) is -0.973. The van der Waals surface area contributed by atoms with Crippen molar-refractivity contribution in [3.05, 3.63) is 60.0 Å². The molecular weight excluding hydrogens is 377 g/mol. The molecule has 7 nitrogen and oxygen atoms in total. The van der Waals surface area contributed by atoms with Crippen LogP contribution in [0.3, 0.4) is 0 Å². The lowest BCUT2D eigenvalue weighted by Gasteiger charge is -2.07. The van der Waals surface area contributed by atoms with Gasteiger partial charge in [0.2, 0.25) is 11.7 Å². The maximum absolute atomic E-state index is 12.6. The third-order valence-electron chi connectivity index (χ3n) is 3.70. The molecule has 0 aliphatic heterocycles. The SMILES string of the molecule is COc1ccc(-c2nc(CCNC(=O)c3ccnc(C(F)(F)F)n3)co2)cc1. The fraction of sp³-hybridized carbons (Fsp3) is 0.222. The predicted octanol–water partition coefficient (Wildman–Crippen LogP) is 3.13. The molecule has 0 saturated carbocycles. The van der Waals surface area contributed by atoms with E-state index in [1.165, 1.54) is 6.26 Å². The number of methoxy groups -OCH3 is 1. The Morgan fingerprint density at radius 2 is 1.93 bits per heavy atom. The first kappa shape index (κ1) is 19.3. The van der Waals surface area contributed by atoms with Crippen molar-refractivity contribution in [2.75, 3.05) is 13.7 Å². The van der Waals surface area contributed by atoms with E-state index in [0.29, 0.717) is 23.8 Å². The Labute approximate surface area is 157 Å². The van der Waals surface area contributed by atoms with Gasteiger partial charge in [0, 0.05) is 24.7 Å². The number of amides is 1. The molecule has 1 aromatic carbocycles. The summed E-state index contributed by atoms with van der Waals surface area (Å²) in [5.41, 5.74) is 0.989. The fourth-order valence-electron chi connectivity index (χ4n) is 2.30. The van der Waals surface area contributed by atoms with E-state index < -0.39 is 17.9 Å². The van der Waals surface area contributed by atoms with Gasteiger partial charge >= 0.3 is 6.18 Å². The molecule has 0 fully saturated rings. The smallest absolute Gasteiger partial charge is 0.451 e. The van der Waals surface area contributed by atoms with Gasteiger partial charge in [-0.1, -0.05) is 0 Å². The Kier molecular flexibility index (Phi) is 5.57. The van der Waals surface area contributed by atoms with Crippen molar-refractivity contribution in [2.24, 2.45) is 0 Å². The summed E-state index contributed by atoms with van der Waals surface area (Å²) in [6.45, 7) is 0.152. The minimum atomic E-state index is -4.71. The zero-order chi connectivity index (χ0) is 20.1. The molecule has 28 heavy (non-hydrogen) atoms. The number of alkyl halides is 3. The minimum Gasteiger partial charge on any atom is -0.497 e. The van der Waals surface area contributed by atoms with Crippen molar-refractivity contribution in [1.82, 2.24) is 20.3 Å². The molecule has 2 aromatic heterocycles. The number of carbonyl (C=O) groups excluding carboxylic acids is 1. The normalized spacial score (nSPS) is 11.3. The van der Waals surface area contributed by atoms with Crippen LogP contribution in [0.2, 0.25) is 0 Å². The van der Waals surface area contributed by atoms with Gasteiger partial charge in [-0.05, 0) is 30.3 Å². The quantitative estimate of drug-likeness (QED) is 0.693. The number of aromatic nitrogens is 3. The van der Waals surface area contributed by atoms with Gasteiger partial charge in [-0.2, -0.15) is 13.2 Å². The highest BCUT2D eigenvalue weighted by Crippen LogP contribution is 2.25. The third kappa shape index (κ3) is 4.64. The van der Waals surface area contributed by atoms with Crippen LogP contribution in [0.1, 0.15) is 22.0 Å². The second-order valence-electron chi connectivity index (χ2n) is 5.64. The molecule has 0 radical (unpaired) electrons. The summed E-state index contributed by atoms with van der Waals surface area (Å²) in [6, 6.07) is 8.25. The van der Waals surface area contributed by atoms with E-state index in [0.717, 1.165) is 17.8 Å². The number of rotatable bonds is 6. The molecule has 0 aliphatic rings. The molecule has 0 atom stereocenters. The zero-order valence-corrected chi connectivity index (χ0v) is 14.7. The molecule has 3 aromatic rings. The standard InChI is InChI=1S/C18H15F3N4O3/c1-27-13-4-2-11(3-5-13)16-24-12(10-28-16)6-8-22-15(26)14-7-9-23-17(25-14)18(19,20)21/h2-5,7,9-10H,6,8H2,1H3,(H,22,26). The summed E-state index contributed by atoms with van der Waals surface area (Å²) in [5, 5.41) is 2.50. The van der Waals surface area contributed by atoms with Crippen molar-refractivity contribution in [3.8, 4) is 17.2 Å². The molecule has 1 amide bonds. The van der Waals surface area contributed by atoms with Crippen molar-refractivity contribution >= 4 is 5.91 Å². The van der Waals surface area contributed by atoms with Gasteiger partial charge in [0.25, 0.3) is 5.91 Å². The topological polar surface area (TPSA) is 90.1 Å². The lowest BCUT2D eigenvalue weighted by molar-refractivity contribution is -0.145. The number of nitrogens with one attached hydrogen (secondary N) is 1. The average molecular weight is 392 g/mol. The second-order valence-corrected chi connectivity index (χ2v) is 5.64. The summed E-state index contributed by atoms with van der Waals surface area (Å²) in [4.78, 5) is 22.6. The molecule has 0 bridgehead atoms. The molecule has 0 aliphatic carbocycles. The molecule has 0 saturated heterocycles. The molecule has 0 spiro atoms. The van der Waals surface area contributed by atoms with Crippen molar-refractivity contribution in [2.45, 2.75) is 12.6 Å². The number of hydrogen-bond acceptors (Lipinski definition) is 6. The van der Waals surface area contributed by atoms with Gasteiger partial charge in [-0.25, -0.2) is 15.0 Å². The molecule has 10 heteroatoms. The Morgan fingerprint density at radius 1 is 1.18 bits per heavy atom. The molecule has 0 unspecified atom stereocenters. The van der Waals surface area contributed by atoms with Crippen LogP contribution in [0, 0.1) is 0 Å². The number of nitrogens with zero attached hydrogens (tertiary/aromatic N) is 3. The Bertz CT molecular complexity index is 955. The fourth-order valence-corrected chi connectivity index (χ4v) is 2.30. The monoisotopic (exact) mass is 392 g/mol. The van der Waals surface area contributed by atoms with E-state index in [-0.39, 0.29) is 12.2 Å². The molecule has 3 rings (SSSR count). The maximum atomic E-state index is 12.6. The summed E-state index contributed by atoms with van der Waals surface area (Å²) >= 11 is 0. The van der Waals surface area contributed by atoms with Crippen LogP contribution in [-0.4, -0.2) is 34.5 Å². The molecule has 2 heterocycles. The number of carbonyl (C=O) groups is 1. The number of oxazole rings is 1. The minimum absolute atomic E-state index is 0.152. The first-order valence-electron chi connectivity index (χ1n) is 8.14. The second kappa shape index (κ2) is 8.07. The Balaban J connectivity index is 1.57. The number of hydrogen-bond donors (Lipinski definition) is 1. The van der Waals surface area contributed by atoms with E-state index in [2.05, 4.69) is 20.3 Å². The highest BCUT2D eigenvalue weighted by Gasteiger charge is 2.35. The van der Waals surface area contributed by atoms with Crippen LogP contribution in [0.5, 0.6) is 5.75 Å². The van der Waals surface area contributed by atoms with Gasteiger partial charge in [0.1, 0.15) is 17.7 Å². The van der Waals surface area contributed by atoms with Crippen molar-refractivity contribution < 1.29 is 27.1 Å². The number of ether oxygens (including phenoxy) is 1. The van der Waals surface area contributed by atoms with E-state index in [9.17, 15) is 18.0 Å². The van der Waals surface area contributed by atoms with Crippen molar-refractivity contribution in [1.29, 1.82) is 0 Å². The summed E-state index contributed by atoms with van der Waals surface area (Å²) < 4.78 is 48.3. The highest BCUT2D eigenvalue weighted by molar-refractivity contribution is 5.92. The molecule has 1 N–H and O–H groups in total. The van der Waals surface area contributed by atoms with Crippen molar-refractivity contribution in [3.63, 3.8) is 0 Å². The lowest BCUT2D eigenvalue weighted by atomic mass is 10.2. The predicted molar refractivity (Wildman–Crippen MR) is 91.6 cm³/mol. The number of halogens is 3. The van der Waals surface area contributed by atoms with Gasteiger partial charge in [-0.15, -0.1) is 0 Å². The maximum Gasteiger partial charge on any atom is 0.451 e. The van der Waals surface area contributed by atoms with Crippen LogP contribution in [-0.2, 0) is 12.6 Å². The van der Waals surface area contributed by atoms with Crippen LogP contribution in [0.15, 0.2) is 47.2 Å². The van der Waals surface area contributed by atoms with Crippen LogP contribution < -0.4 is 10.1 Å². The molecule has 146 valence electrons.